The Balaban J connectivity index is 0.940. The van der Waals surface area contributed by atoms with Gasteiger partial charge >= 0.3 is 0 Å². The third-order valence-corrected chi connectivity index (χ3v) is 12.0. The molecule has 0 saturated carbocycles. The fourth-order valence-corrected chi connectivity index (χ4v) is 9.21. The Bertz CT molecular complexity index is 3510. The predicted octanol–water partition coefficient (Wildman–Crippen LogP) is 15.0. The molecule has 0 spiro atoms. The lowest BCUT2D eigenvalue weighted by atomic mass is 10.0. The van der Waals surface area contributed by atoms with Gasteiger partial charge < -0.3 is 13.6 Å². The molecule has 0 N–H and O–H groups in total. The maximum atomic E-state index is 6.12. The van der Waals surface area contributed by atoms with E-state index in [1.165, 1.54) is 82.7 Å². The molecule has 0 radical (unpaired) electrons. The Morgan fingerprint density at radius 1 is 0.362 bits per heavy atom. The Morgan fingerprint density at radius 3 is 1.64 bits per heavy atom. The number of hydrogen-bond donors (Lipinski definition) is 0. The van der Waals surface area contributed by atoms with Crippen molar-refractivity contribution in [1.29, 1.82) is 0 Å². The van der Waals surface area contributed by atoms with E-state index < -0.39 is 0 Å². The summed E-state index contributed by atoms with van der Waals surface area (Å²) >= 11 is 0. The molecule has 58 heavy (non-hydrogen) atoms. The van der Waals surface area contributed by atoms with E-state index in [1.807, 2.05) is 12.1 Å². The zero-order chi connectivity index (χ0) is 38.2. The Morgan fingerprint density at radius 2 is 0.897 bits per heavy atom. The van der Waals surface area contributed by atoms with Gasteiger partial charge in [0.15, 0.2) is 0 Å². The molecule has 0 unspecified atom stereocenters. The molecule has 0 atom stereocenters. The molecule has 3 nitrogen and oxygen atoms in total. The average Bonchev–Trinajstić information content (AvgIpc) is 3.86. The third kappa shape index (κ3) is 5.14. The van der Waals surface area contributed by atoms with Crippen molar-refractivity contribution in [3.63, 3.8) is 0 Å². The van der Waals surface area contributed by atoms with Crippen LogP contribution in [0, 0.1) is 0 Å². The standard InChI is InChI=1S/C55H36N2O/c1-2-11-36(12-3-1)38-22-28-43(29-23-38)57-51-19-8-5-16-45(51)48-34-41(25-31-53(48)57)40-24-30-52-47(33-40)44-15-4-7-18-50(44)56(52)42-14-10-13-37(21-27-42)39-26-32-55-49(35-39)46-17-6-9-20-54(46)58-55/h1-13,15-35H,14H2. The first-order chi connectivity index (χ1) is 28.7. The van der Waals surface area contributed by atoms with Crippen molar-refractivity contribution in [2.75, 3.05) is 0 Å². The average molecular weight is 741 g/mol. The summed E-state index contributed by atoms with van der Waals surface area (Å²) in [5.41, 5.74) is 16.3. The van der Waals surface area contributed by atoms with E-state index in [2.05, 4.69) is 203 Å². The maximum Gasteiger partial charge on any atom is 0.135 e. The predicted molar refractivity (Wildman–Crippen MR) is 244 cm³/mol. The van der Waals surface area contributed by atoms with Crippen LogP contribution in [-0.2, 0) is 0 Å². The van der Waals surface area contributed by atoms with Crippen LogP contribution in [0.4, 0.5) is 0 Å². The van der Waals surface area contributed by atoms with Crippen molar-refractivity contribution >= 4 is 76.8 Å². The van der Waals surface area contributed by atoms with Crippen molar-refractivity contribution in [3.8, 4) is 27.9 Å². The van der Waals surface area contributed by atoms with E-state index in [9.17, 15) is 0 Å². The van der Waals surface area contributed by atoms with Crippen LogP contribution in [0.5, 0.6) is 0 Å². The fraction of sp³-hybridized carbons (Fsp3) is 0.0182. The van der Waals surface area contributed by atoms with Gasteiger partial charge in [0.2, 0.25) is 0 Å². The Labute approximate surface area is 335 Å². The first-order valence-corrected chi connectivity index (χ1v) is 20.0. The van der Waals surface area contributed by atoms with Crippen LogP contribution in [-0.4, -0.2) is 9.13 Å². The minimum Gasteiger partial charge on any atom is -0.456 e. The van der Waals surface area contributed by atoms with Gasteiger partial charge in [-0.2, -0.15) is 0 Å². The number of benzene rings is 8. The van der Waals surface area contributed by atoms with Crippen molar-refractivity contribution in [1.82, 2.24) is 9.13 Å². The molecule has 3 aromatic heterocycles. The monoisotopic (exact) mass is 740 g/mol. The number of fused-ring (bicyclic) bond motifs is 9. The van der Waals surface area contributed by atoms with E-state index in [0.717, 1.165) is 34.0 Å². The SMILES string of the molecule is C1=CC(c2ccc3oc4ccccc4c3c2)=CC=C(n2c3ccccc3c3cc(-c4ccc5c(c4)c4ccccc4n5-c4ccc(-c5ccccc5)cc4)ccc32)C1. The molecular formula is C55H36N2O. The molecule has 0 fully saturated rings. The van der Waals surface area contributed by atoms with Crippen LogP contribution >= 0.6 is 0 Å². The number of hydrogen-bond acceptors (Lipinski definition) is 1. The summed E-state index contributed by atoms with van der Waals surface area (Å²) in [4.78, 5) is 0. The second-order valence-corrected chi connectivity index (χ2v) is 15.3. The molecule has 1 aliphatic rings. The van der Waals surface area contributed by atoms with Crippen molar-refractivity contribution in [2.24, 2.45) is 0 Å². The summed E-state index contributed by atoms with van der Waals surface area (Å²) in [6.45, 7) is 0. The van der Waals surface area contributed by atoms with Gasteiger partial charge in [-0.25, -0.2) is 0 Å². The summed E-state index contributed by atoms with van der Waals surface area (Å²) in [6.07, 6.45) is 9.93. The van der Waals surface area contributed by atoms with Crippen molar-refractivity contribution in [2.45, 2.75) is 6.42 Å². The second-order valence-electron chi connectivity index (χ2n) is 15.3. The maximum absolute atomic E-state index is 6.12. The number of para-hydroxylation sites is 3. The van der Waals surface area contributed by atoms with Crippen molar-refractivity contribution in [3.05, 3.63) is 212 Å². The topological polar surface area (TPSA) is 23.0 Å². The highest BCUT2D eigenvalue weighted by molar-refractivity contribution is 6.13. The molecular weight excluding hydrogens is 705 g/mol. The smallest absolute Gasteiger partial charge is 0.135 e. The van der Waals surface area contributed by atoms with Gasteiger partial charge in [0.1, 0.15) is 11.2 Å². The summed E-state index contributed by atoms with van der Waals surface area (Å²) < 4.78 is 11.0. The largest absolute Gasteiger partial charge is 0.456 e. The van der Waals surface area contributed by atoms with Gasteiger partial charge in [-0.15, -0.1) is 0 Å². The summed E-state index contributed by atoms with van der Waals surface area (Å²) in [5, 5.41) is 7.31. The summed E-state index contributed by atoms with van der Waals surface area (Å²) in [6, 6.07) is 65.8. The van der Waals surface area contributed by atoms with Crippen LogP contribution in [0.3, 0.4) is 0 Å². The number of nitrogens with zero attached hydrogens (tertiary/aromatic N) is 2. The normalized spacial score (nSPS) is 13.2. The van der Waals surface area contributed by atoms with Crippen LogP contribution in [0.2, 0.25) is 0 Å². The van der Waals surface area contributed by atoms with Crippen molar-refractivity contribution < 1.29 is 4.42 Å². The molecule has 8 aromatic carbocycles. The molecule has 0 amide bonds. The molecule has 0 bridgehead atoms. The highest BCUT2D eigenvalue weighted by Gasteiger charge is 2.18. The molecule has 272 valence electrons. The van der Waals surface area contributed by atoms with E-state index in [0.29, 0.717) is 0 Å². The van der Waals surface area contributed by atoms with Gasteiger partial charge in [-0.3, -0.25) is 0 Å². The quantitative estimate of drug-likeness (QED) is 0.172. The van der Waals surface area contributed by atoms with Crippen LogP contribution < -0.4 is 0 Å². The van der Waals surface area contributed by atoms with Crippen LogP contribution in [0.1, 0.15) is 12.0 Å². The highest BCUT2D eigenvalue weighted by atomic mass is 16.3. The molecule has 3 heteroatoms. The minimum absolute atomic E-state index is 0.822. The van der Waals surface area contributed by atoms with Gasteiger partial charge in [0, 0.05) is 50.1 Å². The number of aromatic nitrogens is 2. The Hall–Kier alpha value is -7.62. The number of rotatable bonds is 5. The third-order valence-electron chi connectivity index (χ3n) is 12.0. The lowest BCUT2D eigenvalue weighted by Gasteiger charge is -2.11. The lowest BCUT2D eigenvalue weighted by Crippen LogP contribution is -1.95. The van der Waals surface area contributed by atoms with E-state index in [4.69, 9.17) is 4.42 Å². The van der Waals surface area contributed by atoms with Crippen LogP contribution in [0.15, 0.2) is 211 Å². The van der Waals surface area contributed by atoms with Gasteiger partial charge in [-0.05, 0) is 106 Å². The Kier molecular flexibility index (Phi) is 7.29. The number of furan rings is 1. The second kappa shape index (κ2) is 13.0. The van der Waals surface area contributed by atoms with Gasteiger partial charge in [-0.1, -0.05) is 133 Å². The van der Waals surface area contributed by atoms with E-state index >= 15 is 0 Å². The molecule has 0 aliphatic heterocycles. The summed E-state index contributed by atoms with van der Waals surface area (Å²) in [7, 11) is 0. The summed E-state index contributed by atoms with van der Waals surface area (Å²) in [5.74, 6) is 0. The highest BCUT2D eigenvalue weighted by Crippen LogP contribution is 2.40. The zero-order valence-electron chi connectivity index (χ0n) is 31.6. The first kappa shape index (κ1) is 32.6. The molecule has 0 saturated heterocycles. The van der Waals surface area contributed by atoms with E-state index in [1.54, 1.807) is 0 Å². The molecule has 1 aliphatic carbocycles. The zero-order valence-corrected chi connectivity index (χ0v) is 31.6. The molecule has 11 aromatic rings. The first-order valence-electron chi connectivity index (χ1n) is 20.0. The lowest BCUT2D eigenvalue weighted by molar-refractivity contribution is 0.669. The molecule has 12 rings (SSSR count). The minimum atomic E-state index is 0.822. The fourth-order valence-electron chi connectivity index (χ4n) is 9.21. The molecule has 3 heterocycles. The van der Waals surface area contributed by atoms with Gasteiger partial charge in [0.05, 0.1) is 22.1 Å². The van der Waals surface area contributed by atoms with Crippen LogP contribution in [0.25, 0.3) is 105 Å². The van der Waals surface area contributed by atoms with Gasteiger partial charge in [0.25, 0.3) is 0 Å². The van der Waals surface area contributed by atoms with E-state index in [-0.39, 0.29) is 0 Å². The number of allylic oxidation sites excluding steroid dienone is 6.